The monoisotopic (exact) mass is 276 g/mol. The van der Waals surface area contributed by atoms with E-state index in [1.165, 1.54) is 15.2 Å². The lowest BCUT2D eigenvalue weighted by atomic mass is 10.1. The van der Waals surface area contributed by atoms with Crippen molar-refractivity contribution in [3.05, 3.63) is 6.33 Å². The zero-order valence-electron chi connectivity index (χ0n) is 11.1. The van der Waals surface area contributed by atoms with Crippen LogP contribution < -0.4 is 5.73 Å². The quantitative estimate of drug-likeness (QED) is 0.774. The van der Waals surface area contributed by atoms with Crippen molar-refractivity contribution in [2.75, 3.05) is 18.8 Å². The van der Waals surface area contributed by atoms with Crippen LogP contribution in [0, 0.1) is 0 Å². The lowest BCUT2D eigenvalue weighted by Crippen LogP contribution is -2.42. The van der Waals surface area contributed by atoms with E-state index in [1.807, 2.05) is 0 Å². The Labute approximate surface area is 107 Å². The Hall–Kier alpha value is -1.12. The maximum atomic E-state index is 12.4. The number of nitrogens with two attached hydrogens (primary N) is 1. The van der Waals surface area contributed by atoms with E-state index in [9.17, 15) is 13.5 Å². The molecule has 7 nitrogen and oxygen atoms in total. The summed E-state index contributed by atoms with van der Waals surface area (Å²) in [7, 11) is -2.19. The summed E-state index contributed by atoms with van der Waals surface area (Å²) in [6.07, 6.45) is 1.35. The van der Waals surface area contributed by atoms with E-state index < -0.39 is 15.6 Å². The zero-order chi connectivity index (χ0) is 14.1. The average Bonchev–Trinajstić information content (AvgIpc) is 2.53. The predicted molar refractivity (Wildman–Crippen MR) is 68.4 cm³/mol. The van der Waals surface area contributed by atoms with Crippen LogP contribution in [-0.4, -0.2) is 46.1 Å². The van der Waals surface area contributed by atoms with Gasteiger partial charge in [-0.2, -0.15) is 4.31 Å². The van der Waals surface area contributed by atoms with Crippen molar-refractivity contribution in [1.82, 2.24) is 13.9 Å². The second-order valence-corrected chi connectivity index (χ2v) is 6.64. The van der Waals surface area contributed by atoms with Crippen LogP contribution >= 0.6 is 0 Å². The summed E-state index contributed by atoms with van der Waals surface area (Å²) in [5.41, 5.74) is 4.47. The predicted octanol–water partition coefficient (Wildman–Crippen LogP) is -0.216. The highest BCUT2D eigenvalue weighted by atomic mass is 32.2. The molecule has 3 N–H and O–H groups in total. The molecule has 104 valence electrons. The van der Waals surface area contributed by atoms with Crippen LogP contribution in [0.1, 0.15) is 20.8 Å². The summed E-state index contributed by atoms with van der Waals surface area (Å²) in [5.74, 6) is -0.0355. The van der Waals surface area contributed by atoms with Gasteiger partial charge in [0.25, 0.3) is 10.0 Å². The third-order valence-corrected chi connectivity index (χ3v) is 4.46. The molecule has 1 aromatic rings. The maximum absolute atomic E-state index is 12.4. The first kappa shape index (κ1) is 14.9. The highest BCUT2D eigenvalue weighted by molar-refractivity contribution is 7.89. The number of aryl methyl sites for hydroxylation is 1. The largest absolute Gasteiger partial charge is 0.389 e. The highest BCUT2D eigenvalue weighted by Gasteiger charge is 2.32. The molecule has 0 aliphatic heterocycles. The Morgan fingerprint density at radius 2 is 2.11 bits per heavy atom. The number of aromatic nitrogens is 2. The van der Waals surface area contributed by atoms with Crippen molar-refractivity contribution in [3.8, 4) is 0 Å². The minimum absolute atomic E-state index is 0.00352. The van der Waals surface area contributed by atoms with Gasteiger partial charge in [0, 0.05) is 20.1 Å². The van der Waals surface area contributed by atoms with Gasteiger partial charge in [-0.15, -0.1) is 0 Å². The smallest absolute Gasteiger partial charge is 0.262 e. The fourth-order valence-electron chi connectivity index (χ4n) is 1.67. The summed E-state index contributed by atoms with van der Waals surface area (Å²) < 4.78 is 27.4. The minimum Gasteiger partial charge on any atom is -0.389 e. The molecule has 1 heterocycles. The van der Waals surface area contributed by atoms with E-state index in [0.717, 1.165) is 0 Å². The summed E-state index contributed by atoms with van der Waals surface area (Å²) in [6.45, 7) is 5.05. The molecule has 1 aromatic heterocycles. The zero-order valence-corrected chi connectivity index (χ0v) is 11.9. The lowest BCUT2D eigenvalue weighted by molar-refractivity contribution is 0.0600. The van der Waals surface area contributed by atoms with Crippen molar-refractivity contribution in [2.24, 2.45) is 7.05 Å². The third-order valence-electron chi connectivity index (χ3n) is 2.41. The van der Waals surface area contributed by atoms with Gasteiger partial charge in [0.2, 0.25) is 0 Å². The molecule has 0 aliphatic carbocycles. The molecule has 0 saturated heterocycles. The Morgan fingerprint density at radius 3 is 2.44 bits per heavy atom. The van der Waals surface area contributed by atoms with E-state index in [1.54, 1.807) is 27.8 Å². The van der Waals surface area contributed by atoms with Gasteiger partial charge < -0.3 is 15.4 Å². The molecule has 0 spiro atoms. The molecular weight excluding hydrogens is 256 g/mol. The van der Waals surface area contributed by atoms with Crippen molar-refractivity contribution in [1.29, 1.82) is 0 Å². The van der Waals surface area contributed by atoms with Gasteiger partial charge in [-0.25, -0.2) is 13.4 Å². The number of nitrogen functional groups attached to an aromatic ring is 1. The van der Waals surface area contributed by atoms with Crippen molar-refractivity contribution >= 4 is 15.8 Å². The van der Waals surface area contributed by atoms with E-state index in [-0.39, 0.29) is 23.9 Å². The molecule has 0 radical (unpaired) electrons. The van der Waals surface area contributed by atoms with Crippen molar-refractivity contribution in [3.63, 3.8) is 0 Å². The SMILES string of the molecule is CCN(CC(C)(C)O)S(=O)(=O)c1c(N)ncn1C. The van der Waals surface area contributed by atoms with Gasteiger partial charge in [0.05, 0.1) is 11.9 Å². The second-order valence-electron chi connectivity index (χ2n) is 4.79. The summed E-state index contributed by atoms with van der Waals surface area (Å²) >= 11 is 0. The standard InChI is InChI=1S/C10H20N4O3S/c1-5-14(6-10(2,3)15)18(16,17)9-8(11)12-7-13(9)4/h7,15H,5-6,11H2,1-4H3. The Morgan fingerprint density at radius 1 is 1.56 bits per heavy atom. The molecule has 0 unspecified atom stereocenters. The van der Waals surface area contributed by atoms with Gasteiger partial charge in [-0.1, -0.05) is 6.92 Å². The fourth-order valence-corrected chi connectivity index (χ4v) is 3.47. The van der Waals surface area contributed by atoms with Gasteiger partial charge >= 0.3 is 0 Å². The Kier molecular flexibility index (Phi) is 4.04. The number of hydrogen-bond donors (Lipinski definition) is 2. The first-order valence-corrected chi connectivity index (χ1v) is 7.03. The van der Waals surface area contributed by atoms with Crippen LogP contribution in [0.15, 0.2) is 11.4 Å². The number of nitrogens with zero attached hydrogens (tertiary/aromatic N) is 3. The molecule has 0 aromatic carbocycles. The lowest BCUT2D eigenvalue weighted by Gasteiger charge is -2.27. The normalized spacial score (nSPS) is 13.2. The van der Waals surface area contributed by atoms with Gasteiger partial charge in [0.1, 0.15) is 0 Å². The molecule has 1 rings (SSSR count). The number of imidazole rings is 1. The molecule has 0 amide bonds. The molecule has 0 aliphatic rings. The average molecular weight is 276 g/mol. The molecule has 0 bridgehead atoms. The number of hydrogen-bond acceptors (Lipinski definition) is 5. The number of aliphatic hydroxyl groups is 1. The highest BCUT2D eigenvalue weighted by Crippen LogP contribution is 2.22. The van der Waals surface area contributed by atoms with Crippen molar-refractivity contribution in [2.45, 2.75) is 31.4 Å². The fraction of sp³-hybridized carbons (Fsp3) is 0.700. The number of likely N-dealkylation sites (N-methyl/N-ethyl adjacent to an activating group) is 1. The summed E-state index contributed by atoms with van der Waals surface area (Å²) in [4.78, 5) is 3.77. The number of sulfonamides is 1. The van der Waals surface area contributed by atoms with E-state index in [2.05, 4.69) is 4.98 Å². The maximum Gasteiger partial charge on any atom is 0.262 e. The summed E-state index contributed by atoms with van der Waals surface area (Å²) in [5, 5.41) is 9.71. The summed E-state index contributed by atoms with van der Waals surface area (Å²) in [6, 6.07) is 0. The topological polar surface area (TPSA) is 101 Å². The number of anilines is 1. The van der Waals surface area contributed by atoms with E-state index >= 15 is 0 Å². The Bertz CT molecular complexity index is 496. The molecule has 18 heavy (non-hydrogen) atoms. The molecule has 8 heteroatoms. The van der Waals surface area contributed by atoms with Crippen LogP contribution in [-0.2, 0) is 17.1 Å². The first-order valence-electron chi connectivity index (χ1n) is 5.59. The van der Waals surface area contributed by atoms with E-state index in [4.69, 9.17) is 5.73 Å². The van der Waals surface area contributed by atoms with E-state index in [0.29, 0.717) is 0 Å². The van der Waals surface area contributed by atoms with Crippen LogP contribution in [0.5, 0.6) is 0 Å². The Balaban J connectivity index is 3.20. The van der Waals surface area contributed by atoms with Crippen LogP contribution in [0.25, 0.3) is 0 Å². The molecular formula is C10H20N4O3S. The number of rotatable bonds is 5. The first-order chi connectivity index (χ1) is 8.09. The van der Waals surface area contributed by atoms with Crippen LogP contribution in [0.4, 0.5) is 5.82 Å². The minimum atomic E-state index is -3.75. The third kappa shape index (κ3) is 3.01. The van der Waals surface area contributed by atoms with Crippen LogP contribution in [0.3, 0.4) is 0 Å². The second kappa shape index (κ2) is 4.87. The molecule has 0 saturated carbocycles. The van der Waals surface area contributed by atoms with Gasteiger partial charge in [-0.3, -0.25) is 0 Å². The van der Waals surface area contributed by atoms with Crippen molar-refractivity contribution < 1.29 is 13.5 Å². The molecule has 0 atom stereocenters. The van der Waals surface area contributed by atoms with Crippen LogP contribution in [0.2, 0.25) is 0 Å². The van der Waals surface area contributed by atoms with Gasteiger partial charge in [-0.05, 0) is 13.8 Å². The molecule has 0 fully saturated rings. The van der Waals surface area contributed by atoms with Gasteiger partial charge in [0.15, 0.2) is 10.8 Å².